The van der Waals surface area contributed by atoms with Crippen LogP contribution in [-0.4, -0.2) is 42.0 Å². The number of rotatable bonds is 18. The molecule has 0 bridgehead atoms. The Morgan fingerprint density at radius 1 is 0.742 bits per heavy atom. The lowest BCUT2D eigenvalue weighted by Gasteiger charge is -2.08. The number of carbonyl (C=O) groups is 1. The van der Waals surface area contributed by atoms with Crippen LogP contribution >= 0.6 is 0 Å². The van der Waals surface area contributed by atoms with Crippen molar-refractivity contribution >= 4 is 5.97 Å². The summed E-state index contributed by atoms with van der Waals surface area (Å²) in [5, 5.41) is 0. The average molecular weight is 439 g/mol. The minimum absolute atomic E-state index is 0.0301. The first-order valence-corrected chi connectivity index (χ1v) is 12.8. The maximum atomic E-state index is 11.4. The van der Waals surface area contributed by atoms with Crippen molar-refractivity contribution in [1.82, 2.24) is 0 Å². The van der Waals surface area contributed by atoms with Crippen LogP contribution in [0.5, 0.6) is 0 Å². The fraction of sp³-hybridized carbons (Fsp3) is 0.958. The van der Waals surface area contributed by atoms with Gasteiger partial charge in [-0.15, -0.1) is 0 Å². The van der Waals surface area contributed by atoms with Crippen LogP contribution in [0, 0.1) is 0 Å². The minimum atomic E-state index is -0.724. The molecular formula is C24H38O7. The van der Waals surface area contributed by atoms with E-state index in [0.717, 1.165) is 25.7 Å². The van der Waals surface area contributed by atoms with E-state index in [1.807, 2.05) is 6.92 Å². The molecule has 5 rings (SSSR count). The van der Waals surface area contributed by atoms with Crippen molar-refractivity contribution in [1.29, 1.82) is 0 Å². The van der Waals surface area contributed by atoms with E-state index in [9.17, 15) is 4.79 Å². The largest absolute Gasteiger partial charge is 0.466 e. The molecule has 5 aliphatic heterocycles. The molecule has 31 heavy (non-hydrogen) atoms. The highest BCUT2D eigenvalue weighted by Gasteiger charge is 3.23. The molecule has 5 saturated heterocycles. The van der Waals surface area contributed by atoms with Gasteiger partial charge in [-0.05, 0) is 19.3 Å². The summed E-state index contributed by atoms with van der Waals surface area (Å²) in [4.78, 5) is 11.4. The Labute approximate surface area is 185 Å². The number of esters is 1. The number of unbranched alkanes of at least 4 members (excludes halogenated alkanes) is 12. The molecule has 0 amide bonds. The highest BCUT2D eigenvalue weighted by atomic mass is 17.3. The zero-order chi connectivity index (χ0) is 21.4. The second-order valence-electron chi connectivity index (χ2n) is 9.83. The lowest BCUT2D eigenvalue weighted by molar-refractivity contribution is -0.166. The smallest absolute Gasteiger partial charge is 0.355 e. The fourth-order valence-electron chi connectivity index (χ4n) is 5.20. The van der Waals surface area contributed by atoms with Gasteiger partial charge in [0.1, 0.15) is 6.10 Å². The summed E-state index contributed by atoms with van der Waals surface area (Å²) in [7, 11) is 0. The van der Waals surface area contributed by atoms with Crippen LogP contribution in [0.4, 0.5) is 0 Å². The molecule has 5 fully saturated rings. The fourth-order valence-corrected chi connectivity index (χ4v) is 5.20. The van der Waals surface area contributed by atoms with E-state index in [-0.39, 0.29) is 12.1 Å². The summed E-state index contributed by atoms with van der Waals surface area (Å²) < 4.78 is 32.9. The summed E-state index contributed by atoms with van der Waals surface area (Å²) in [5.74, 6) is -2.59. The monoisotopic (exact) mass is 438 g/mol. The van der Waals surface area contributed by atoms with Crippen LogP contribution in [0.25, 0.3) is 0 Å². The SMILES string of the molecule is CCCOC(=O)CCCCCCCCCCCCCCCC1OC12OC21OC23OC21O3. The molecule has 3 atom stereocenters. The van der Waals surface area contributed by atoms with E-state index in [0.29, 0.717) is 13.0 Å². The van der Waals surface area contributed by atoms with Gasteiger partial charge >= 0.3 is 17.7 Å². The molecule has 0 aliphatic carbocycles. The van der Waals surface area contributed by atoms with Gasteiger partial charge in [-0.3, -0.25) is 23.7 Å². The summed E-state index contributed by atoms with van der Waals surface area (Å²) >= 11 is 0. The van der Waals surface area contributed by atoms with Gasteiger partial charge in [0.15, 0.2) is 0 Å². The molecule has 0 radical (unpaired) electrons. The number of carbonyl (C=O) groups excluding carboxylic acids is 1. The zero-order valence-corrected chi connectivity index (χ0v) is 19.0. The van der Waals surface area contributed by atoms with Gasteiger partial charge in [0.05, 0.1) is 6.61 Å². The first-order valence-electron chi connectivity index (χ1n) is 12.8. The maximum absolute atomic E-state index is 11.4. The van der Waals surface area contributed by atoms with Gasteiger partial charge in [0.25, 0.3) is 11.6 Å². The number of hydrogen-bond donors (Lipinski definition) is 0. The second kappa shape index (κ2) is 8.56. The molecule has 5 aliphatic rings. The van der Waals surface area contributed by atoms with E-state index >= 15 is 0 Å². The quantitative estimate of drug-likeness (QED) is 0.168. The lowest BCUT2D eigenvalue weighted by Crippen LogP contribution is -2.41. The number of fused-ring (bicyclic) bond motifs is 1. The first kappa shape index (κ1) is 22.1. The van der Waals surface area contributed by atoms with Crippen molar-refractivity contribution < 1.29 is 33.2 Å². The van der Waals surface area contributed by atoms with Gasteiger partial charge in [-0.2, -0.15) is 0 Å². The molecular weight excluding hydrogens is 400 g/mol. The predicted octanol–water partition coefficient (Wildman–Crippen LogP) is 5.05. The molecule has 2 spiro atoms. The third kappa shape index (κ3) is 3.84. The second-order valence-corrected chi connectivity index (χ2v) is 9.83. The van der Waals surface area contributed by atoms with Crippen LogP contribution in [-0.2, 0) is 33.2 Å². The normalized spacial score (nSPS) is 39.7. The topological polar surface area (TPSA) is 85.7 Å². The van der Waals surface area contributed by atoms with Crippen molar-refractivity contribution in [2.24, 2.45) is 0 Å². The van der Waals surface area contributed by atoms with Crippen LogP contribution in [0.15, 0.2) is 0 Å². The molecule has 7 heteroatoms. The van der Waals surface area contributed by atoms with Crippen LogP contribution in [0.2, 0.25) is 0 Å². The molecule has 0 N–H and O–H groups in total. The van der Waals surface area contributed by atoms with Crippen LogP contribution in [0.3, 0.4) is 0 Å². The molecule has 176 valence electrons. The summed E-state index contributed by atoms with van der Waals surface area (Å²) in [6.07, 6.45) is 19.2. The highest BCUT2D eigenvalue weighted by Crippen LogP contribution is 2.93. The van der Waals surface area contributed by atoms with Crippen molar-refractivity contribution in [3.63, 3.8) is 0 Å². The number of hydrogen-bond acceptors (Lipinski definition) is 7. The van der Waals surface area contributed by atoms with E-state index in [2.05, 4.69) is 0 Å². The Hall–Kier alpha value is -0.730. The van der Waals surface area contributed by atoms with E-state index < -0.39 is 23.3 Å². The number of epoxide rings is 4. The van der Waals surface area contributed by atoms with E-state index in [1.165, 1.54) is 70.6 Å². The van der Waals surface area contributed by atoms with Gasteiger partial charge in [0, 0.05) is 6.42 Å². The van der Waals surface area contributed by atoms with Crippen molar-refractivity contribution in [3.8, 4) is 0 Å². The Balaban J connectivity index is 0.754. The highest BCUT2D eigenvalue weighted by molar-refractivity contribution is 5.69. The Kier molecular flexibility index (Phi) is 6.10. The third-order valence-electron chi connectivity index (χ3n) is 7.30. The Bertz CT molecular complexity index is 660. The van der Waals surface area contributed by atoms with E-state index in [4.69, 9.17) is 28.4 Å². The average Bonchev–Trinajstić information content (AvgIpc) is 3.67. The zero-order valence-electron chi connectivity index (χ0n) is 19.0. The first-order chi connectivity index (χ1) is 15.1. The van der Waals surface area contributed by atoms with Crippen molar-refractivity contribution in [3.05, 3.63) is 0 Å². The molecule has 3 unspecified atom stereocenters. The van der Waals surface area contributed by atoms with Crippen molar-refractivity contribution in [2.45, 2.75) is 139 Å². The van der Waals surface area contributed by atoms with Gasteiger partial charge in [-0.25, -0.2) is 0 Å². The van der Waals surface area contributed by atoms with E-state index in [1.54, 1.807) is 0 Å². The molecule has 5 heterocycles. The van der Waals surface area contributed by atoms with Gasteiger partial charge in [0.2, 0.25) is 0 Å². The Morgan fingerprint density at radius 3 is 1.81 bits per heavy atom. The molecule has 0 aromatic rings. The summed E-state index contributed by atoms with van der Waals surface area (Å²) in [6, 6.07) is 0. The summed E-state index contributed by atoms with van der Waals surface area (Å²) in [6.45, 7) is 2.58. The molecule has 0 aromatic carbocycles. The minimum Gasteiger partial charge on any atom is -0.466 e. The van der Waals surface area contributed by atoms with Crippen LogP contribution in [0.1, 0.15) is 110 Å². The predicted molar refractivity (Wildman–Crippen MR) is 111 cm³/mol. The molecule has 0 aromatic heterocycles. The van der Waals surface area contributed by atoms with Gasteiger partial charge < -0.3 is 9.47 Å². The van der Waals surface area contributed by atoms with Gasteiger partial charge in [-0.1, -0.05) is 84.0 Å². The summed E-state index contributed by atoms with van der Waals surface area (Å²) in [5.41, 5.74) is 0. The van der Waals surface area contributed by atoms with Crippen molar-refractivity contribution in [2.75, 3.05) is 6.61 Å². The molecule has 0 saturated carbocycles. The Morgan fingerprint density at radius 2 is 1.29 bits per heavy atom. The maximum Gasteiger partial charge on any atom is 0.355 e. The number of ether oxygens (including phenoxy) is 6. The lowest BCUT2D eigenvalue weighted by atomic mass is 10.0. The molecule has 7 nitrogen and oxygen atoms in total. The van der Waals surface area contributed by atoms with Crippen LogP contribution < -0.4 is 0 Å². The standard InChI is InChI=1S/C24H38O7/c1-2-18-26-20(25)17-15-13-11-9-7-5-3-4-6-8-10-12-14-16-19-21(27-19)22(28-21)23-24(29-22,30-23)31-23/h19H,2-18H2,1H3. The third-order valence-corrected chi connectivity index (χ3v) is 7.30.